The predicted molar refractivity (Wildman–Crippen MR) is 134 cm³/mol. The van der Waals surface area contributed by atoms with Gasteiger partial charge in [-0.2, -0.15) is 13.2 Å². The number of aromatic nitrogens is 2. The van der Waals surface area contributed by atoms with E-state index in [0.29, 0.717) is 42.6 Å². The molecule has 3 aromatic rings. The van der Waals surface area contributed by atoms with E-state index in [2.05, 4.69) is 0 Å². The molecule has 0 N–H and O–H groups in total. The molecule has 0 unspecified atom stereocenters. The highest BCUT2D eigenvalue weighted by Gasteiger charge is 2.30. The third-order valence-corrected chi connectivity index (χ3v) is 6.49. The number of carbonyl (C=O) groups excluding carboxylic acids is 1. The number of anilines is 1. The molecule has 4 rings (SSSR count). The number of piperazine rings is 1. The Kier molecular flexibility index (Phi) is 7.33. The van der Waals surface area contributed by atoms with Crippen LogP contribution in [0, 0.1) is 5.92 Å². The van der Waals surface area contributed by atoms with Gasteiger partial charge in [0.15, 0.2) is 5.82 Å². The van der Waals surface area contributed by atoms with Gasteiger partial charge in [-0.15, -0.1) is 0 Å². The van der Waals surface area contributed by atoms with E-state index in [1.54, 1.807) is 17.0 Å². The van der Waals surface area contributed by atoms with Crippen LogP contribution in [0.25, 0.3) is 17.1 Å². The fraction of sp³-hybridized carbons (Fsp3) is 0.320. The van der Waals surface area contributed by atoms with Gasteiger partial charge in [-0.3, -0.25) is 14.2 Å². The molecule has 1 aromatic heterocycles. The number of rotatable bonds is 4. The number of benzene rings is 2. The van der Waals surface area contributed by atoms with Gasteiger partial charge in [0, 0.05) is 48.7 Å². The lowest BCUT2D eigenvalue weighted by molar-refractivity contribution is -0.137. The Hall–Kier alpha value is -3.04. The second-order valence-electron chi connectivity index (χ2n) is 8.75. The van der Waals surface area contributed by atoms with Gasteiger partial charge < -0.3 is 9.80 Å². The first-order valence-corrected chi connectivity index (χ1v) is 12.0. The van der Waals surface area contributed by atoms with Crippen LogP contribution in [0.2, 0.25) is 10.0 Å². The largest absolute Gasteiger partial charge is 0.416 e. The van der Waals surface area contributed by atoms with Gasteiger partial charge in [0.2, 0.25) is 5.91 Å². The van der Waals surface area contributed by atoms with Crippen LogP contribution >= 0.6 is 23.2 Å². The fourth-order valence-electron chi connectivity index (χ4n) is 4.05. The van der Waals surface area contributed by atoms with Gasteiger partial charge in [-0.1, -0.05) is 37.0 Å². The quantitative estimate of drug-likeness (QED) is 0.438. The third-order valence-electron chi connectivity index (χ3n) is 5.94. The summed E-state index contributed by atoms with van der Waals surface area (Å²) in [6, 6.07) is 10.3. The molecule has 0 bridgehead atoms. The summed E-state index contributed by atoms with van der Waals surface area (Å²) < 4.78 is 40.4. The van der Waals surface area contributed by atoms with E-state index in [9.17, 15) is 22.8 Å². The molecule has 0 spiro atoms. The van der Waals surface area contributed by atoms with Crippen molar-refractivity contribution in [3.05, 3.63) is 74.5 Å². The molecule has 1 fully saturated rings. The lowest BCUT2D eigenvalue weighted by Crippen LogP contribution is -2.50. The minimum Gasteiger partial charge on any atom is -0.353 e. The number of hydrogen-bond donors (Lipinski definition) is 0. The molecule has 0 radical (unpaired) electrons. The van der Waals surface area contributed by atoms with E-state index < -0.39 is 17.3 Å². The number of nitrogens with zero attached hydrogens (tertiary/aromatic N) is 4. The van der Waals surface area contributed by atoms with Crippen molar-refractivity contribution in [3.8, 4) is 17.1 Å². The minimum absolute atomic E-state index is 0.0639. The van der Waals surface area contributed by atoms with Crippen molar-refractivity contribution in [2.24, 2.45) is 5.92 Å². The summed E-state index contributed by atoms with van der Waals surface area (Å²) in [4.78, 5) is 34.1. The van der Waals surface area contributed by atoms with Crippen molar-refractivity contribution in [1.82, 2.24) is 14.5 Å². The summed E-state index contributed by atoms with van der Waals surface area (Å²) in [6.07, 6.45) is -4.51. The van der Waals surface area contributed by atoms with Crippen LogP contribution in [-0.4, -0.2) is 46.5 Å². The van der Waals surface area contributed by atoms with Crippen molar-refractivity contribution in [1.29, 1.82) is 0 Å². The predicted octanol–water partition coefficient (Wildman–Crippen LogP) is 5.53. The van der Waals surface area contributed by atoms with Crippen LogP contribution in [0.5, 0.6) is 0 Å². The summed E-state index contributed by atoms with van der Waals surface area (Å²) in [5.74, 6) is 0.510. The molecule has 0 atom stereocenters. The van der Waals surface area contributed by atoms with Crippen LogP contribution in [0.3, 0.4) is 0 Å². The maximum absolute atomic E-state index is 13.3. The molecular weight excluding hydrogens is 516 g/mol. The fourth-order valence-corrected chi connectivity index (χ4v) is 4.55. The first kappa shape index (κ1) is 26.0. The number of alkyl halides is 3. The van der Waals surface area contributed by atoms with E-state index in [4.69, 9.17) is 28.2 Å². The Bertz CT molecular complexity index is 1330. The molecule has 0 saturated carbocycles. The van der Waals surface area contributed by atoms with Crippen LogP contribution in [0.1, 0.15) is 19.4 Å². The van der Waals surface area contributed by atoms with Crippen LogP contribution in [0.4, 0.5) is 19.0 Å². The van der Waals surface area contributed by atoms with Gasteiger partial charge >= 0.3 is 6.18 Å². The van der Waals surface area contributed by atoms with Crippen molar-refractivity contribution in [2.45, 2.75) is 20.0 Å². The zero-order valence-electron chi connectivity index (χ0n) is 19.5. The van der Waals surface area contributed by atoms with Crippen molar-refractivity contribution in [2.75, 3.05) is 31.1 Å². The molecule has 2 aromatic carbocycles. The average molecular weight is 539 g/mol. The van der Waals surface area contributed by atoms with E-state index in [1.165, 1.54) is 28.8 Å². The molecule has 190 valence electrons. The maximum Gasteiger partial charge on any atom is 0.416 e. The molecule has 11 heteroatoms. The van der Waals surface area contributed by atoms with E-state index in [-0.39, 0.29) is 28.4 Å². The molecule has 1 aliphatic rings. The highest BCUT2D eigenvalue weighted by molar-refractivity contribution is 6.36. The highest BCUT2D eigenvalue weighted by Crippen LogP contribution is 2.33. The number of halogens is 5. The normalized spacial score (nSPS) is 14.4. The number of carbonyl (C=O) groups is 1. The lowest BCUT2D eigenvalue weighted by atomic mass is 10.1. The third kappa shape index (κ3) is 5.37. The first-order valence-electron chi connectivity index (χ1n) is 11.3. The van der Waals surface area contributed by atoms with Crippen LogP contribution in [-0.2, 0) is 11.0 Å². The molecule has 1 aliphatic heterocycles. The number of hydrogen-bond acceptors (Lipinski definition) is 4. The minimum atomic E-state index is -4.51. The second-order valence-corrected chi connectivity index (χ2v) is 9.59. The molecule has 36 heavy (non-hydrogen) atoms. The Morgan fingerprint density at radius 1 is 0.972 bits per heavy atom. The second kappa shape index (κ2) is 10.1. The monoisotopic (exact) mass is 538 g/mol. The van der Waals surface area contributed by atoms with E-state index in [0.717, 1.165) is 12.1 Å². The van der Waals surface area contributed by atoms with Crippen LogP contribution < -0.4 is 10.5 Å². The smallest absolute Gasteiger partial charge is 0.353 e. The topological polar surface area (TPSA) is 58.4 Å². The molecule has 2 heterocycles. The molecule has 1 amide bonds. The van der Waals surface area contributed by atoms with E-state index >= 15 is 0 Å². The zero-order valence-corrected chi connectivity index (χ0v) is 21.0. The van der Waals surface area contributed by atoms with E-state index in [1.807, 2.05) is 18.7 Å². The van der Waals surface area contributed by atoms with Gasteiger partial charge in [0.1, 0.15) is 5.82 Å². The lowest BCUT2D eigenvalue weighted by Gasteiger charge is -2.36. The van der Waals surface area contributed by atoms with Crippen molar-refractivity contribution < 1.29 is 18.0 Å². The average Bonchev–Trinajstić information content (AvgIpc) is 2.83. The Morgan fingerprint density at radius 2 is 1.61 bits per heavy atom. The summed E-state index contributed by atoms with van der Waals surface area (Å²) in [6.45, 7) is 5.61. The summed E-state index contributed by atoms with van der Waals surface area (Å²) in [5, 5.41) is 0.619. The van der Waals surface area contributed by atoms with Gasteiger partial charge in [0.05, 0.1) is 16.3 Å². The molecule has 1 saturated heterocycles. The summed E-state index contributed by atoms with van der Waals surface area (Å²) in [7, 11) is 0. The van der Waals surface area contributed by atoms with Crippen LogP contribution in [0.15, 0.2) is 53.3 Å². The first-order chi connectivity index (χ1) is 17.0. The maximum atomic E-state index is 13.3. The highest BCUT2D eigenvalue weighted by atomic mass is 35.5. The molecule has 0 aliphatic carbocycles. The Morgan fingerprint density at radius 3 is 2.17 bits per heavy atom. The Labute approximate surface area is 215 Å². The zero-order chi connectivity index (χ0) is 26.2. The van der Waals surface area contributed by atoms with Gasteiger partial charge in [0.25, 0.3) is 5.56 Å². The summed E-state index contributed by atoms with van der Waals surface area (Å²) >= 11 is 12.5. The number of amides is 1. The molecular formula is C25H23Cl2F3N4O2. The van der Waals surface area contributed by atoms with Crippen molar-refractivity contribution >= 4 is 34.9 Å². The standard InChI is InChI=1S/C25H23Cl2F3N4O2/c1-15(2)24(36)33-11-9-32(10-12-33)21-14-22(35)34(18-6-3-16(4-7-18)25(28,29)30)23(31-21)19-8-5-17(26)13-20(19)27/h3-8,13-15H,9-12H2,1-2H3. The van der Waals surface area contributed by atoms with Gasteiger partial charge in [-0.05, 0) is 42.5 Å². The summed E-state index contributed by atoms with van der Waals surface area (Å²) in [5.41, 5.74) is -0.709. The van der Waals surface area contributed by atoms with Crippen molar-refractivity contribution in [3.63, 3.8) is 0 Å². The van der Waals surface area contributed by atoms with Gasteiger partial charge in [-0.25, -0.2) is 4.98 Å². The Balaban J connectivity index is 1.78. The molecule has 6 nitrogen and oxygen atoms in total. The SMILES string of the molecule is CC(C)C(=O)N1CCN(c2cc(=O)n(-c3ccc(C(F)(F)F)cc3)c(-c3ccc(Cl)cc3Cl)n2)CC1.